The van der Waals surface area contributed by atoms with Crippen LogP contribution in [-0.4, -0.2) is 104 Å². The monoisotopic (exact) mass is 792 g/mol. The number of nitrogens with two attached hydrogens (primary N) is 1. The highest BCUT2D eigenvalue weighted by Gasteiger charge is 2.31. The lowest BCUT2D eigenvalue weighted by Gasteiger charge is -2.25. The van der Waals surface area contributed by atoms with Crippen molar-refractivity contribution in [3.63, 3.8) is 0 Å². The maximum atomic E-state index is 14.0. The van der Waals surface area contributed by atoms with E-state index in [-0.39, 0.29) is 31.4 Å². The number of carboxylic acids is 3. The molecular weight excluding hydrogens is 748 g/mol. The third-order valence-electron chi connectivity index (χ3n) is 8.56. The predicted molar refractivity (Wildman–Crippen MR) is 200 cm³/mol. The molecule has 6 amide bonds. The fraction of sp³-hybridized carbons (Fsp3) is 0.342. The summed E-state index contributed by atoms with van der Waals surface area (Å²) in [4.78, 5) is 112. The minimum atomic E-state index is -1.45. The fourth-order valence-electron chi connectivity index (χ4n) is 5.63. The molecule has 0 radical (unpaired) electrons. The van der Waals surface area contributed by atoms with Gasteiger partial charge in [-0.2, -0.15) is 0 Å². The van der Waals surface area contributed by atoms with Crippen molar-refractivity contribution in [3.05, 3.63) is 77.9 Å². The Bertz CT molecular complexity index is 1960. The van der Waals surface area contributed by atoms with Crippen molar-refractivity contribution < 1.29 is 63.6 Å². The molecule has 0 spiro atoms. The van der Waals surface area contributed by atoms with E-state index in [1.54, 1.807) is 24.3 Å². The molecule has 19 heteroatoms. The van der Waals surface area contributed by atoms with Gasteiger partial charge in [-0.3, -0.25) is 43.2 Å². The molecule has 0 aliphatic heterocycles. The highest BCUT2D eigenvalue weighted by molar-refractivity contribution is 5.96. The van der Waals surface area contributed by atoms with Crippen molar-refractivity contribution in [2.24, 2.45) is 5.73 Å². The summed E-state index contributed by atoms with van der Waals surface area (Å²) in [6.45, 7) is -0.767. The Hall–Kier alpha value is -7.05. The summed E-state index contributed by atoms with van der Waals surface area (Å²) in [5.41, 5.74) is 6.51. The van der Waals surface area contributed by atoms with E-state index in [9.17, 15) is 48.3 Å². The van der Waals surface area contributed by atoms with Crippen LogP contribution in [0.25, 0.3) is 10.8 Å². The summed E-state index contributed by atoms with van der Waals surface area (Å²) in [6, 6.07) is 12.5. The molecule has 0 saturated carbocycles. The normalized spacial score (nSPS) is 12.8. The highest BCUT2D eigenvalue weighted by atomic mass is 16.4. The Morgan fingerprint density at radius 1 is 0.544 bits per heavy atom. The second-order valence-corrected chi connectivity index (χ2v) is 13.0. The predicted octanol–water partition coefficient (Wildman–Crippen LogP) is -0.534. The van der Waals surface area contributed by atoms with Crippen LogP contribution in [0.1, 0.15) is 49.7 Å². The quantitative estimate of drug-likeness (QED) is 0.0578. The maximum Gasteiger partial charge on any atom is 0.303 e. The van der Waals surface area contributed by atoms with Crippen molar-refractivity contribution in [1.82, 2.24) is 26.6 Å². The van der Waals surface area contributed by atoms with E-state index in [1.807, 2.05) is 18.2 Å². The molecule has 304 valence electrons. The lowest BCUT2D eigenvalue weighted by molar-refractivity contribution is -0.139. The van der Waals surface area contributed by atoms with Crippen LogP contribution in [-0.2, 0) is 56.0 Å². The number of amides is 6. The maximum absolute atomic E-state index is 14.0. The summed E-state index contributed by atoms with van der Waals surface area (Å²) >= 11 is 0. The third-order valence-corrected chi connectivity index (χ3v) is 8.56. The first-order chi connectivity index (χ1) is 27.0. The van der Waals surface area contributed by atoms with E-state index in [4.69, 9.17) is 21.1 Å². The molecule has 3 rings (SSSR count). The molecule has 4 atom stereocenters. The van der Waals surface area contributed by atoms with Crippen LogP contribution in [0.4, 0.5) is 0 Å². The number of rotatable bonds is 23. The largest absolute Gasteiger partial charge is 0.508 e. The van der Waals surface area contributed by atoms with Crippen LogP contribution in [0.2, 0.25) is 0 Å². The summed E-state index contributed by atoms with van der Waals surface area (Å²) in [5.74, 6) is -9.40. The van der Waals surface area contributed by atoms with Gasteiger partial charge < -0.3 is 52.7 Å². The van der Waals surface area contributed by atoms with Crippen molar-refractivity contribution in [3.8, 4) is 5.75 Å². The summed E-state index contributed by atoms with van der Waals surface area (Å²) in [5, 5.41) is 50.4. The van der Waals surface area contributed by atoms with Gasteiger partial charge in [-0.05, 0) is 46.9 Å². The average Bonchev–Trinajstić information content (AvgIpc) is 3.16. The van der Waals surface area contributed by atoms with Crippen molar-refractivity contribution in [2.45, 2.75) is 75.5 Å². The highest BCUT2D eigenvalue weighted by Crippen LogP contribution is 2.20. The van der Waals surface area contributed by atoms with Crippen molar-refractivity contribution in [1.29, 1.82) is 0 Å². The minimum Gasteiger partial charge on any atom is -0.508 e. The van der Waals surface area contributed by atoms with Gasteiger partial charge >= 0.3 is 17.9 Å². The van der Waals surface area contributed by atoms with E-state index in [2.05, 4.69) is 26.6 Å². The summed E-state index contributed by atoms with van der Waals surface area (Å²) in [6.07, 6.45) is -3.14. The first-order valence-corrected chi connectivity index (χ1v) is 17.7. The van der Waals surface area contributed by atoms with E-state index >= 15 is 0 Å². The third kappa shape index (κ3) is 15.3. The Morgan fingerprint density at radius 2 is 1.09 bits per heavy atom. The van der Waals surface area contributed by atoms with Gasteiger partial charge in [0.25, 0.3) is 0 Å². The topological polar surface area (TPSA) is 321 Å². The van der Waals surface area contributed by atoms with Crippen LogP contribution in [0.15, 0.2) is 66.7 Å². The number of carbonyl (C=O) groups is 9. The SMILES string of the molecule is NC(=O)[C@H](CCC(=O)O)NC(=O)[C@H](Cc1cccc2ccccc12)NC(=O)[C@H](Cc1ccc(O)cc1)NC(=O)CNC(=O)[C@H](CCC(=O)O)NC(=O)CCC(=O)O. The molecule has 0 unspecified atom stereocenters. The van der Waals surface area contributed by atoms with E-state index in [1.165, 1.54) is 24.3 Å². The van der Waals surface area contributed by atoms with E-state index in [0.29, 0.717) is 11.1 Å². The number of benzene rings is 3. The molecular formula is C38H44N6O13. The summed E-state index contributed by atoms with van der Waals surface area (Å²) < 4.78 is 0. The van der Waals surface area contributed by atoms with E-state index < -0.39 is 110 Å². The van der Waals surface area contributed by atoms with Crippen LogP contribution in [0.3, 0.4) is 0 Å². The number of carboxylic acid groups (broad SMARTS) is 3. The Morgan fingerprint density at radius 3 is 1.70 bits per heavy atom. The van der Waals surface area contributed by atoms with Gasteiger partial charge in [0.15, 0.2) is 0 Å². The second-order valence-electron chi connectivity index (χ2n) is 13.0. The molecule has 0 aromatic heterocycles. The molecule has 11 N–H and O–H groups in total. The number of aliphatic carboxylic acids is 3. The zero-order valence-electron chi connectivity index (χ0n) is 30.6. The summed E-state index contributed by atoms with van der Waals surface area (Å²) in [7, 11) is 0. The van der Waals surface area contributed by atoms with Crippen LogP contribution < -0.4 is 32.3 Å². The lowest BCUT2D eigenvalue weighted by Crippen LogP contribution is -2.58. The molecule has 0 aliphatic rings. The van der Waals surface area contributed by atoms with Crippen molar-refractivity contribution >= 4 is 64.1 Å². The molecule has 3 aromatic carbocycles. The molecule has 3 aromatic rings. The zero-order valence-corrected chi connectivity index (χ0v) is 30.6. The van der Waals surface area contributed by atoms with Gasteiger partial charge in [-0.25, -0.2) is 0 Å². The van der Waals surface area contributed by atoms with Gasteiger partial charge in [0.1, 0.15) is 29.9 Å². The fourth-order valence-corrected chi connectivity index (χ4v) is 5.63. The van der Waals surface area contributed by atoms with E-state index in [0.717, 1.165) is 10.8 Å². The number of nitrogens with one attached hydrogen (secondary N) is 5. The van der Waals surface area contributed by atoms with Gasteiger partial charge in [0.05, 0.1) is 13.0 Å². The van der Waals surface area contributed by atoms with Gasteiger partial charge in [-0.1, -0.05) is 54.6 Å². The van der Waals surface area contributed by atoms with Crippen LogP contribution >= 0.6 is 0 Å². The number of hydrogen-bond acceptors (Lipinski definition) is 10. The van der Waals surface area contributed by atoms with Crippen LogP contribution in [0.5, 0.6) is 5.75 Å². The van der Waals surface area contributed by atoms with Crippen LogP contribution in [0, 0.1) is 0 Å². The van der Waals surface area contributed by atoms with Crippen molar-refractivity contribution in [2.75, 3.05) is 6.54 Å². The number of aromatic hydroxyl groups is 1. The Balaban J connectivity index is 1.87. The second kappa shape index (κ2) is 21.7. The number of primary amides is 1. The molecule has 0 fully saturated rings. The lowest BCUT2D eigenvalue weighted by atomic mass is 9.97. The molecule has 0 aliphatic carbocycles. The molecule has 0 heterocycles. The number of carbonyl (C=O) groups excluding carboxylic acids is 6. The standard InChI is InChI=1S/C38H44N6O13/c39-35(54)26(12-15-32(48)49)43-38(57)29(19-23-6-3-5-22-4-1-2-7-25(22)23)44-37(56)28(18-21-8-10-24(45)11-9-21)42-31(47)20-40-36(55)27(13-16-33(50)51)41-30(46)14-17-34(52)53/h1-11,26-29,45H,12-20H2,(H2,39,54)(H,40,55)(H,41,46)(H,42,47)(H,43,57)(H,44,56)(H,48,49)(H,50,51)(H,52,53)/t26-,27-,28-,29-/m0/s1. The Labute approximate surface area is 325 Å². The first kappa shape index (κ1) is 44.3. The molecule has 19 nitrogen and oxygen atoms in total. The molecule has 57 heavy (non-hydrogen) atoms. The van der Waals surface area contributed by atoms with Gasteiger partial charge in [0.2, 0.25) is 35.4 Å². The minimum absolute atomic E-state index is 0.0854. The van der Waals surface area contributed by atoms with Gasteiger partial charge in [-0.15, -0.1) is 0 Å². The zero-order chi connectivity index (χ0) is 42.1. The Kier molecular flexibility index (Phi) is 16.9. The average molecular weight is 793 g/mol. The number of phenols is 1. The molecule has 0 bridgehead atoms. The first-order valence-electron chi connectivity index (χ1n) is 17.7. The number of fused-ring (bicyclic) bond motifs is 1. The molecule has 0 saturated heterocycles. The number of phenolic OH excluding ortho intramolecular Hbond substituents is 1. The number of hydrogen-bond donors (Lipinski definition) is 10. The van der Waals surface area contributed by atoms with Gasteiger partial charge in [0, 0.05) is 32.1 Å². The smallest absolute Gasteiger partial charge is 0.303 e.